The summed E-state index contributed by atoms with van der Waals surface area (Å²) in [4.78, 5) is 13.5. The Balaban J connectivity index is 2.07. The van der Waals surface area contributed by atoms with Gasteiger partial charge in [-0.1, -0.05) is 47.5 Å². The zero-order valence-corrected chi connectivity index (χ0v) is 13.8. The molecule has 106 valence electrons. The first kappa shape index (κ1) is 15.3. The maximum absolute atomic E-state index is 12.3. The van der Waals surface area contributed by atoms with E-state index in [0.717, 1.165) is 18.2 Å². The van der Waals surface area contributed by atoms with Crippen LogP contribution in [0.5, 0.6) is 0 Å². The lowest BCUT2D eigenvalue weighted by Gasteiger charge is -2.17. The monoisotopic (exact) mass is 351 g/mol. The van der Waals surface area contributed by atoms with E-state index in [2.05, 4.69) is 39.6 Å². The minimum absolute atomic E-state index is 0.00188. The number of hydrogen-bond donors (Lipinski definition) is 1. The van der Waals surface area contributed by atoms with Crippen LogP contribution in [0.2, 0.25) is 0 Å². The summed E-state index contributed by atoms with van der Waals surface area (Å²) < 4.78 is 0. The number of hydrogen-bond acceptors (Lipinski definition) is 2. The van der Waals surface area contributed by atoms with Crippen LogP contribution in [0.4, 0.5) is 0 Å². The highest BCUT2D eigenvalue weighted by Crippen LogP contribution is 2.23. The molecule has 2 aromatic rings. The van der Waals surface area contributed by atoms with Crippen LogP contribution in [0.15, 0.2) is 41.8 Å². The Hall–Kier alpha value is -1.13. The van der Waals surface area contributed by atoms with Crippen LogP contribution in [0, 0.1) is 0 Å². The zero-order chi connectivity index (χ0) is 14.4. The number of rotatable bonds is 6. The van der Waals surface area contributed by atoms with Crippen LogP contribution in [-0.2, 0) is 5.33 Å². The number of amides is 1. The van der Waals surface area contributed by atoms with Gasteiger partial charge in [-0.2, -0.15) is 0 Å². The molecular formula is C16H18BrNOS. The number of benzene rings is 1. The molecule has 0 radical (unpaired) electrons. The summed E-state index contributed by atoms with van der Waals surface area (Å²) in [6.07, 6.45) is 2.01. The predicted molar refractivity (Wildman–Crippen MR) is 88.5 cm³/mol. The molecule has 1 aromatic carbocycles. The predicted octanol–water partition coefficient (Wildman–Crippen LogP) is 4.91. The van der Waals surface area contributed by atoms with Gasteiger partial charge in [0.2, 0.25) is 0 Å². The minimum Gasteiger partial charge on any atom is -0.344 e. The van der Waals surface area contributed by atoms with Crippen LogP contribution < -0.4 is 5.32 Å². The third kappa shape index (κ3) is 3.93. The van der Waals surface area contributed by atoms with Gasteiger partial charge < -0.3 is 5.32 Å². The lowest BCUT2D eigenvalue weighted by molar-refractivity contribution is 0.0935. The quantitative estimate of drug-likeness (QED) is 0.735. The highest BCUT2D eigenvalue weighted by molar-refractivity contribution is 9.08. The number of nitrogens with one attached hydrogen (secondary N) is 1. The van der Waals surface area contributed by atoms with Crippen LogP contribution in [-0.4, -0.2) is 5.91 Å². The molecule has 0 fully saturated rings. The molecule has 1 aromatic heterocycles. The van der Waals surface area contributed by atoms with Crippen molar-refractivity contribution < 1.29 is 4.79 Å². The largest absolute Gasteiger partial charge is 0.344 e. The van der Waals surface area contributed by atoms with Crippen molar-refractivity contribution in [3.05, 3.63) is 57.8 Å². The van der Waals surface area contributed by atoms with E-state index in [1.165, 1.54) is 10.4 Å². The van der Waals surface area contributed by atoms with Crippen molar-refractivity contribution in [1.29, 1.82) is 0 Å². The van der Waals surface area contributed by atoms with E-state index >= 15 is 0 Å². The average Bonchev–Trinajstić information content (AvgIpc) is 3.01. The van der Waals surface area contributed by atoms with E-state index in [0.29, 0.717) is 5.56 Å². The van der Waals surface area contributed by atoms with E-state index in [-0.39, 0.29) is 11.9 Å². The summed E-state index contributed by atoms with van der Waals surface area (Å²) >= 11 is 5.10. The molecule has 0 aliphatic heterocycles. The van der Waals surface area contributed by atoms with Crippen LogP contribution in [0.1, 0.15) is 46.6 Å². The third-order valence-corrected chi connectivity index (χ3v) is 4.77. The molecule has 0 saturated carbocycles. The molecule has 4 heteroatoms. The molecule has 1 N–H and O–H groups in total. The van der Waals surface area contributed by atoms with Crippen molar-refractivity contribution in [3.63, 3.8) is 0 Å². The van der Waals surface area contributed by atoms with E-state index in [9.17, 15) is 4.79 Å². The fourth-order valence-corrected chi connectivity index (χ4v) is 3.24. The zero-order valence-electron chi connectivity index (χ0n) is 11.4. The molecular weight excluding hydrogens is 334 g/mol. The molecule has 1 unspecified atom stereocenters. The Labute approximate surface area is 132 Å². The molecule has 20 heavy (non-hydrogen) atoms. The maximum atomic E-state index is 12.3. The van der Waals surface area contributed by atoms with Gasteiger partial charge >= 0.3 is 0 Å². The lowest BCUT2D eigenvalue weighted by atomic mass is 10.1. The first-order valence-electron chi connectivity index (χ1n) is 6.73. The van der Waals surface area contributed by atoms with Gasteiger partial charge in [0, 0.05) is 15.8 Å². The standard InChI is InChI=1S/C16H18BrNOS/c1-2-4-14(15-5-3-10-20-15)18-16(19)13-8-6-12(11-17)7-9-13/h3,5-10,14H,2,4,11H2,1H3,(H,18,19). The second kappa shape index (κ2) is 7.60. The minimum atomic E-state index is -0.00188. The van der Waals surface area contributed by atoms with E-state index in [1.807, 2.05) is 30.3 Å². The smallest absolute Gasteiger partial charge is 0.251 e. The second-order valence-corrected chi connectivity index (χ2v) is 6.20. The van der Waals surface area contributed by atoms with Gasteiger partial charge in [0.05, 0.1) is 6.04 Å². The van der Waals surface area contributed by atoms with Crippen LogP contribution in [0.25, 0.3) is 0 Å². The molecule has 1 heterocycles. The van der Waals surface area contributed by atoms with Gasteiger partial charge in [0.1, 0.15) is 0 Å². The summed E-state index contributed by atoms with van der Waals surface area (Å²) in [5.41, 5.74) is 1.89. The summed E-state index contributed by atoms with van der Waals surface area (Å²) in [6, 6.07) is 11.9. The number of carbonyl (C=O) groups excluding carboxylic acids is 1. The fourth-order valence-electron chi connectivity index (χ4n) is 2.05. The molecule has 0 spiro atoms. The van der Waals surface area contributed by atoms with Gasteiger partial charge in [-0.05, 0) is 35.6 Å². The van der Waals surface area contributed by atoms with Gasteiger partial charge in [-0.25, -0.2) is 0 Å². The van der Waals surface area contributed by atoms with E-state index in [1.54, 1.807) is 11.3 Å². The van der Waals surface area contributed by atoms with Gasteiger partial charge in [0.25, 0.3) is 5.91 Å². The highest BCUT2D eigenvalue weighted by atomic mass is 79.9. The maximum Gasteiger partial charge on any atom is 0.251 e. The van der Waals surface area contributed by atoms with Crippen molar-refractivity contribution in [2.24, 2.45) is 0 Å². The van der Waals surface area contributed by atoms with E-state index < -0.39 is 0 Å². The van der Waals surface area contributed by atoms with Gasteiger partial charge in [-0.3, -0.25) is 4.79 Å². The molecule has 2 rings (SSSR count). The average molecular weight is 352 g/mol. The molecule has 1 amide bonds. The Morgan fingerprint density at radius 3 is 2.60 bits per heavy atom. The normalized spacial score (nSPS) is 12.1. The van der Waals surface area contributed by atoms with Gasteiger partial charge in [0.15, 0.2) is 0 Å². The number of alkyl halides is 1. The summed E-state index contributed by atoms with van der Waals surface area (Å²) in [5, 5.41) is 5.99. The lowest BCUT2D eigenvalue weighted by Crippen LogP contribution is -2.27. The number of thiophene rings is 1. The van der Waals surface area contributed by atoms with Crippen molar-refractivity contribution >= 4 is 33.2 Å². The molecule has 0 aliphatic carbocycles. The second-order valence-electron chi connectivity index (χ2n) is 4.66. The van der Waals surface area contributed by atoms with Crippen molar-refractivity contribution in [1.82, 2.24) is 5.32 Å². The number of halogens is 1. The summed E-state index contributed by atoms with van der Waals surface area (Å²) in [7, 11) is 0. The first-order chi connectivity index (χ1) is 9.74. The molecule has 0 aliphatic rings. The topological polar surface area (TPSA) is 29.1 Å². The Kier molecular flexibility index (Phi) is 5.80. The van der Waals surface area contributed by atoms with Gasteiger partial charge in [-0.15, -0.1) is 11.3 Å². The Bertz CT molecular complexity index is 536. The SMILES string of the molecule is CCCC(NC(=O)c1ccc(CBr)cc1)c1cccs1. The third-order valence-electron chi connectivity index (χ3n) is 3.14. The molecule has 0 saturated heterocycles. The Morgan fingerprint density at radius 2 is 2.05 bits per heavy atom. The molecule has 0 bridgehead atoms. The number of carbonyl (C=O) groups is 1. The van der Waals surface area contributed by atoms with Crippen LogP contribution >= 0.6 is 27.3 Å². The Morgan fingerprint density at radius 1 is 1.30 bits per heavy atom. The summed E-state index contributed by atoms with van der Waals surface area (Å²) in [6.45, 7) is 2.14. The van der Waals surface area contributed by atoms with Crippen molar-refractivity contribution in [3.8, 4) is 0 Å². The van der Waals surface area contributed by atoms with E-state index in [4.69, 9.17) is 0 Å². The summed E-state index contributed by atoms with van der Waals surface area (Å²) in [5.74, 6) is -0.00188. The molecule has 1 atom stereocenters. The highest BCUT2D eigenvalue weighted by Gasteiger charge is 2.15. The van der Waals surface area contributed by atoms with Crippen molar-refractivity contribution in [2.45, 2.75) is 31.1 Å². The van der Waals surface area contributed by atoms with Crippen molar-refractivity contribution in [2.75, 3.05) is 0 Å². The van der Waals surface area contributed by atoms with Crippen LogP contribution in [0.3, 0.4) is 0 Å². The first-order valence-corrected chi connectivity index (χ1v) is 8.74. The molecule has 2 nitrogen and oxygen atoms in total. The fraction of sp³-hybridized carbons (Fsp3) is 0.312.